The maximum Gasteiger partial charge on any atom is 0.171 e. The third kappa shape index (κ3) is 1.51. The van der Waals surface area contributed by atoms with Crippen molar-refractivity contribution in [1.82, 2.24) is 29.8 Å². The first kappa shape index (κ1) is 8.54. The first-order chi connectivity index (χ1) is 6.79. The number of nitrogens with zero attached hydrogens (tertiary/aromatic N) is 6. The van der Waals surface area contributed by atoms with Crippen LogP contribution in [0.2, 0.25) is 0 Å². The maximum absolute atomic E-state index is 10.3. The second-order valence-electron chi connectivity index (χ2n) is 2.82. The molecule has 0 atom stereocenters. The molecule has 0 saturated heterocycles. The average Bonchev–Trinajstić information content (AvgIpc) is 2.77. The Balaban J connectivity index is 2.18. The Morgan fingerprint density at radius 1 is 1.50 bits per heavy atom. The number of rotatable bonds is 3. The Labute approximate surface area is 79.4 Å². The van der Waals surface area contributed by atoms with Crippen LogP contribution in [-0.4, -0.2) is 36.0 Å². The van der Waals surface area contributed by atoms with Crippen molar-refractivity contribution in [2.75, 3.05) is 0 Å². The highest BCUT2D eigenvalue weighted by Gasteiger charge is 2.04. The Kier molecular flexibility index (Phi) is 2.05. The van der Waals surface area contributed by atoms with Crippen LogP contribution in [0.5, 0.6) is 0 Å². The maximum atomic E-state index is 10.3. The van der Waals surface area contributed by atoms with Gasteiger partial charge in [-0.25, -0.2) is 4.68 Å². The van der Waals surface area contributed by atoms with E-state index in [4.69, 9.17) is 0 Å². The summed E-state index contributed by atoms with van der Waals surface area (Å²) in [5, 5.41) is 15.0. The second-order valence-corrected chi connectivity index (χ2v) is 2.82. The zero-order valence-electron chi connectivity index (χ0n) is 7.53. The van der Waals surface area contributed by atoms with Gasteiger partial charge in [0.1, 0.15) is 18.6 Å². The standard InChI is InChI=1S/C7H8N6O/c1-12-5-8-10-7(12)3-13-2-6(4-14)9-11-13/h2,4-5H,3H2,1H3. The summed E-state index contributed by atoms with van der Waals surface area (Å²) in [6.07, 6.45) is 3.81. The van der Waals surface area contributed by atoms with Gasteiger partial charge in [0, 0.05) is 7.05 Å². The number of carbonyl (C=O) groups excluding carboxylic acids is 1. The second kappa shape index (κ2) is 3.36. The van der Waals surface area contributed by atoms with Gasteiger partial charge in [-0.05, 0) is 0 Å². The lowest BCUT2D eigenvalue weighted by Gasteiger charge is -1.98. The minimum absolute atomic E-state index is 0.312. The third-order valence-electron chi connectivity index (χ3n) is 1.79. The molecule has 2 heterocycles. The molecule has 2 rings (SSSR count). The molecule has 7 heteroatoms. The first-order valence-corrected chi connectivity index (χ1v) is 3.98. The Morgan fingerprint density at radius 2 is 2.36 bits per heavy atom. The molecular weight excluding hydrogens is 184 g/mol. The first-order valence-electron chi connectivity index (χ1n) is 3.98. The molecule has 7 nitrogen and oxygen atoms in total. The molecule has 0 unspecified atom stereocenters. The molecular formula is C7H8N6O. The molecule has 0 spiro atoms. The fourth-order valence-corrected chi connectivity index (χ4v) is 1.04. The van der Waals surface area contributed by atoms with Gasteiger partial charge >= 0.3 is 0 Å². The van der Waals surface area contributed by atoms with E-state index < -0.39 is 0 Å². The summed E-state index contributed by atoms with van der Waals surface area (Å²) in [7, 11) is 1.84. The molecule has 0 aliphatic rings. The SMILES string of the molecule is Cn1cnnc1Cn1cc(C=O)nn1. The molecule has 0 radical (unpaired) electrons. The number of carbonyl (C=O) groups is 1. The molecule has 14 heavy (non-hydrogen) atoms. The zero-order chi connectivity index (χ0) is 9.97. The van der Waals surface area contributed by atoms with Gasteiger partial charge in [-0.15, -0.1) is 15.3 Å². The molecule has 0 aliphatic heterocycles. The smallest absolute Gasteiger partial charge is 0.171 e. The van der Waals surface area contributed by atoms with E-state index >= 15 is 0 Å². The van der Waals surface area contributed by atoms with Gasteiger partial charge in [-0.2, -0.15) is 0 Å². The van der Waals surface area contributed by atoms with Gasteiger partial charge < -0.3 is 4.57 Å². The van der Waals surface area contributed by atoms with Gasteiger partial charge in [0.05, 0.1) is 6.20 Å². The van der Waals surface area contributed by atoms with Crippen molar-refractivity contribution in [3.05, 3.63) is 24.0 Å². The Morgan fingerprint density at radius 3 is 2.93 bits per heavy atom. The molecule has 2 aromatic rings. The molecule has 0 aliphatic carbocycles. The lowest BCUT2D eigenvalue weighted by Crippen LogP contribution is -2.06. The minimum atomic E-state index is 0.312. The number of aryl methyl sites for hydroxylation is 1. The van der Waals surface area contributed by atoms with Crippen LogP contribution < -0.4 is 0 Å². The van der Waals surface area contributed by atoms with Crippen LogP contribution in [-0.2, 0) is 13.6 Å². The van der Waals surface area contributed by atoms with E-state index in [9.17, 15) is 4.79 Å². The monoisotopic (exact) mass is 192 g/mol. The topological polar surface area (TPSA) is 78.5 Å². The summed E-state index contributed by atoms with van der Waals surface area (Å²) in [6, 6.07) is 0. The third-order valence-corrected chi connectivity index (χ3v) is 1.79. The molecule has 0 amide bonds. The van der Waals surface area contributed by atoms with E-state index in [0.29, 0.717) is 18.5 Å². The number of aromatic nitrogens is 6. The molecule has 0 fully saturated rings. The summed E-state index contributed by atoms with van der Waals surface area (Å²) in [6.45, 7) is 0.456. The van der Waals surface area contributed by atoms with Crippen molar-refractivity contribution in [2.24, 2.45) is 7.05 Å². The molecule has 0 saturated carbocycles. The summed E-state index contributed by atoms with van der Waals surface area (Å²) in [5.41, 5.74) is 0.312. The highest BCUT2D eigenvalue weighted by molar-refractivity contribution is 5.70. The van der Waals surface area contributed by atoms with Crippen molar-refractivity contribution in [2.45, 2.75) is 6.54 Å². The lowest BCUT2D eigenvalue weighted by atomic mass is 10.5. The predicted molar refractivity (Wildman–Crippen MR) is 45.5 cm³/mol. The number of hydrogen-bond donors (Lipinski definition) is 0. The van der Waals surface area contributed by atoms with Crippen LogP contribution in [0, 0.1) is 0 Å². The van der Waals surface area contributed by atoms with E-state index in [-0.39, 0.29) is 0 Å². The molecule has 72 valence electrons. The summed E-state index contributed by atoms with van der Waals surface area (Å²) in [5.74, 6) is 0.757. The van der Waals surface area contributed by atoms with Crippen molar-refractivity contribution in [3.63, 3.8) is 0 Å². The van der Waals surface area contributed by atoms with Crippen LogP contribution in [0.1, 0.15) is 16.3 Å². The molecule has 0 aromatic carbocycles. The van der Waals surface area contributed by atoms with Crippen molar-refractivity contribution < 1.29 is 4.79 Å². The minimum Gasteiger partial charge on any atom is -0.319 e. The van der Waals surface area contributed by atoms with Crippen LogP contribution in [0.3, 0.4) is 0 Å². The van der Waals surface area contributed by atoms with Crippen molar-refractivity contribution in [3.8, 4) is 0 Å². The summed E-state index contributed by atoms with van der Waals surface area (Å²) in [4.78, 5) is 10.3. The van der Waals surface area contributed by atoms with E-state index in [2.05, 4.69) is 20.5 Å². The van der Waals surface area contributed by atoms with Gasteiger partial charge in [-0.1, -0.05) is 5.21 Å². The molecule has 0 N–H and O–H groups in total. The van der Waals surface area contributed by atoms with Crippen LogP contribution in [0.25, 0.3) is 0 Å². The van der Waals surface area contributed by atoms with Gasteiger partial charge in [0.2, 0.25) is 0 Å². The summed E-state index contributed by atoms with van der Waals surface area (Å²) >= 11 is 0. The largest absolute Gasteiger partial charge is 0.319 e. The zero-order valence-corrected chi connectivity index (χ0v) is 7.53. The predicted octanol–water partition coefficient (Wildman–Crippen LogP) is -0.733. The average molecular weight is 192 g/mol. The normalized spacial score (nSPS) is 10.4. The summed E-state index contributed by atoms with van der Waals surface area (Å²) < 4.78 is 3.32. The molecule has 2 aromatic heterocycles. The molecule has 0 bridgehead atoms. The van der Waals surface area contributed by atoms with Gasteiger partial charge in [0.25, 0.3) is 0 Å². The highest BCUT2D eigenvalue weighted by Crippen LogP contribution is 1.96. The van der Waals surface area contributed by atoms with E-state index in [0.717, 1.165) is 5.82 Å². The number of hydrogen-bond acceptors (Lipinski definition) is 5. The van der Waals surface area contributed by atoms with E-state index in [1.165, 1.54) is 4.68 Å². The fourth-order valence-electron chi connectivity index (χ4n) is 1.04. The van der Waals surface area contributed by atoms with E-state index in [1.807, 2.05) is 7.05 Å². The fraction of sp³-hybridized carbons (Fsp3) is 0.286. The van der Waals surface area contributed by atoms with E-state index in [1.54, 1.807) is 17.1 Å². The highest BCUT2D eigenvalue weighted by atomic mass is 16.1. The Hall–Kier alpha value is -2.05. The number of aldehydes is 1. The van der Waals surface area contributed by atoms with Gasteiger partial charge in [-0.3, -0.25) is 4.79 Å². The lowest BCUT2D eigenvalue weighted by molar-refractivity contribution is 0.111. The van der Waals surface area contributed by atoms with Crippen molar-refractivity contribution >= 4 is 6.29 Å². The van der Waals surface area contributed by atoms with Crippen LogP contribution in [0.15, 0.2) is 12.5 Å². The van der Waals surface area contributed by atoms with Gasteiger partial charge in [0.15, 0.2) is 12.1 Å². The quantitative estimate of drug-likeness (QED) is 0.599. The Bertz CT molecular complexity index is 444. The van der Waals surface area contributed by atoms with Crippen LogP contribution in [0.4, 0.5) is 0 Å². The van der Waals surface area contributed by atoms with Crippen molar-refractivity contribution in [1.29, 1.82) is 0 Å². The van der Waals surface area contributed by atoms with Crippen LogP contribution >= 0.6 is 0 Å².